The predicted octanol–water partition coefficient (Wildman–Crippen LogP) is 2.95. The number of fused-ring (bicyclic) bond motifs is 2. The van der Waals surface area contributed by atoms with Crippen molar-refractivity contribution in [2.24, 2.45) is 7.05 Å². The third-order valence-corrected chi connectivity index (χ3v) is 5.18. The number of ether oxygens (including phenoxy) is 1. The molecule has 0 radical (unpaired) electrons. The van der Waals surface area contributed by atoms with Crippen molar-refractivity contribution >= 4 is 0 Å². The Balaban J connectivity index is 1.53. The van der Waals surface area contributed by atoms with Crippen molar-refractivity contribution in [3.8, 4) is 5.75 Å². The number of aryl methyl sites for hydroxylation is 1. The van der Waals surface area contributed by atoms with Crippen LogP contribution in [-0.2, 0) is 13.5 Å². The first-order valence-electron chi connectivity index (χ1n) is 8.22. The summed E-state index contributed by atoms with van der Waals surface area (Å²) >= 11 is 0. The van der Waals surface area contributed by atoms with Crippen molar-refractivity contribution in [1.29, 1.82) is 0 Å². The van der Waals surface area contributed by atoms with Crippen molar-refractivity contribution < 1.29 is 4.74 Å². The van der Waals surface area contributed by atoms with Gasteiger partial charge in [-0.1, -0.05) is 18.2 Å². The van der Waals surface area contributed by atoms with Crippen LogP contribution in [0.2, 0.25) is 0 Å². The highest BCUT2D eigenvalue weighted by molar-refractivity contribution is 5.40. The fourth-order valence-electron chi connectivity index (χ4n) is 3.91. The predicted molar refractivity (Wildman–Crippen MR) is 86.2 cm³/mol. The van der Waals surface area contributed by atoms with Gasteiger partial charge in [0.05, 0.1) is 12.8 Å². The van der Waals surface area contributed by atoms with Gasteiger partial charge in [0.15, 0.2) is 0 Å². The second-order valence-electron chi connectivity index (χ2n) is 6.53. The van der Waals surface area contributed by atoms with E-state index in [0.29, 0.717) is 18.0 Å². The van der Waals surface area contributed by atoms with Gasteiger partial charge >= 0.3 is 0 Å². The number of rotatable bonds is 3. The molecule has 0 saturated heterocycles. The summed E-state index contributed by atoms with van der Waals surface area (Å²) in [6.45, 7) is 3.06. The maximum Gasteiger partial charge on any atom is 0.122 e. The zero-order chi connectivity index (χ0) is 15.1. The molecule has 4 rings (SSSR count). The lowest BCUT2D eigenvalue weighted by Crippen LogP contribution is -2.37. The molecule has 2 aliphatic rings. The molecule has 0 spiro atoms. The van der Waals surface area contributed by atoms with Crippen molar-refractivity contribution in [3.05, 3.63) is 47.3 Å². The zero-order valence-corrected chi connectivity index (χ0v) is 13.2. The highest BCUT2D eigenvalue weighted by Gasteiger charge is 2.31. The molecule has 3 atom stereocenters. The molecule has 116 valence electrons. The molecule has 1 aromatic heterocycles. The Morgan fingerprint density at radius 3 is 3.09 bits per heavy atom. The van der Waals surface area contributed by atoms with E-state index in [1.165, 1.54) is 29.7 Å². The summed E-state index contributed by atoms with van der Waals surface area (Å²) in [5.41, 5.74) is 4.11. The van der Waals surface area contributed by atoms with Crippen LogP contribution in [0.15, 0.2) is 30.5 Å². The maximum atomic E-state index is 5.84. The number of hydrogen-bond acceptors (Lipinski definition) is 3. The van der Waals surface area contributed by atoms with E-state index < -0.39 is 0 Å². The molecule has 0 amide bonds. The van der Waals surface area contributed by atoms with Gasteiger partial charge in [-0.25, -0.2) is 0 Å². The molecule has 22 heavy (non-hydrogen) atoms. The van der Waals surface area contributed by atoms with E-state index in [0.717, 1.165) is 18.8 Å². The summed E-state index contributed by atoms with van der Waals surface area (Å²) in [6.07, 6.45) is 5.61. The van der Waals surface area contributed by atoms with Crippen molar-refractivity contribution in [2.75, 3.05) is 6.61 Å². The van der Waals surface area contributed by atoms with Gasteiger partial charge in [-0.2, -0.15) is 5.10 Å². The second kappa shape index (κ2) is 5.43. The molecular weight excluding hydrogens is 274 g/mol. The number of hydrogen-bond donors (Lipinski definition) is 1. The van der Waals surface area contributed by atoms with Crippen LogP contribution in [0.5, 0.6) is 5.75 Å². The third-order valence-electron chi connectivity index (χ3n) is 5.18. The number of aromatic nitrogens is 2. The van der Waals surface area contributed by atoms with E-state index in [9.17, 15) is 0 Å². The average molecular weight is 297 g/mol. The molecular formula is C18H23N3O. The van der Waals surface area contributed by atoms with Crippen LogP contribution in [-0.4, -0.2) is 22.4 Å². The molecule has 1 aliphatic carbocycles. The Morgan fingerprint density at radius 1 is 1.32 bits per heavy atom. The lowest BCUT2D eigenvalue weighted by molar-refractivity contribution is 0.288. The highest BCUT2D eigenvalue weighted by atomic mass is 16.5. The smallest absolute Gasteiger partial charge is 0.122 e. The van der Waals surface area contributed by atoms with Gasteiger partial charge in [0.1, 0.15) is 5.75 Å². The van der Waals surface area contributed by atoms with Gasteiger partial charge in [0.2, 0.25) is 0 Å². The number of para-hydroxylation sites is 1. The first kappa shape index (κ1) is 13.8. The molecule has 0 saturated carbocycles. The van der Waals surface area contributed by atoms with Gasteiger partial charge in [0, 0.05) is 41.9 Å². The molecule has 4 heteroatoms. The quantitative estimate of drug-likeness (QED) is 0.946. The van der Waals surface area contributed by atoms with Crippen molar-refractivity contribution in [2.45, 2.75) is 44.2 Å². The lowest BCUT2D eigenvalue weighted by atomic mass is 9.89. The van der Waals surface area contributed by atoms with Crippen LogP contribution < -0.4 is 10.1 Å². The van der Waals surface area contributed by atoms with Crippen LogP contribution in [0, 0.1) is 0 Å². The van der Waals surface area contributed by atoms with E-state index in [-0.39, 0.29) is 0 Å². The Bertz CT molecular complexity index is 679. The minimum Gasteiger partial charge on any atom is -0.493 e. The maximum absolute atomic E-state index is 5.84. The topological polar surface area (TPSA) is 39.1 Å². The van der Waals surface area contributed by atoms with Crippen LogP contribution in [0.3, 0.4) is 0 Å². The minimum absolute atomic E-state index is 0.389. The zero-order valence-electron chi connectivity index (χ0n) is 13.2. The van der Waals surface area contributed by atoms with Crippen LogP contribution in [0.4, 0.5) is 0 Å². The third kappa shape index (κ3) is 2.22. The molecule has 0 bridgehead atoms. The molecule has 0 fully saturated rings. The number of nitrogens with one attached hydrogen (secondary N) is 1. The van der Waals surface area contributed by atoms with Crippen LogP contribution >= 0.6 is 0 Å². The molecule has 1 aromatic carbocycles. The molecule has 2 heterocycles. The first-order valence-corrected chi connectivity index (χ1v) is 8.22. The molecule has 1 N–H and O–H groups in total. The standard InChI is InChI=1S/C18H23N3O/c1-12(15-11-22-18-9-4-3-6-13(15)18)20-16-7-5-8-17-14(16)10-19-21(17)2/h3-4,6,9-10,12,15-16,20H,5,7-8,11H2,1-2H3/t12-,15-,16-/m0/s1. The summed E-state index contributed by atoms with van der Waals surface area (Å²) in [5, 5.41) is 8.28. The molecule has 4 nitrogen and oxygen atoms in total. The van der Waals surface area contributed by atoms with Gasteiger partial charge in [0.25, 0.3) is 0 Å². The summed E-state index contributed by atoms with van der Waals surface area (Å²) in [4.78, 5) is 0. The fraction of sp³-hybridized carbons (Fsp3) is 0.500. The van der Waals surface area contributed by atoms with Gasteiger partial charge in [-0.15, -0.1) is 0 Å². The molecule has 0 unspecified atom stereocenters. The summed E-state index contributed by atoms with van der Waals surface area (Å²) in [6, 6.07) is 9.22. The van der Waals surface area contributed by atoms with E-state index in [1.807, 2.05) is 24.0 Å². The van der Waals surface area contributed by atoms with Crippen LogP contribution in [0.25, 0.3) is 0 Å². The second-order valence-corrected chi connectivity index (χ2v) is 6.53. The van der Waals surface area contributed by atoms with Crippen molar-refractivity contribution in [3.63, 3.8) is 0 Å². The lowest BCUT2D eigenvalue weighted by Gasteiger charge is -2.29. The Hall–Kier alpha value is -1.81. The fourth-order valence-corrected chi connectivity index (χ4v) is 3.91. The van der Waals surface area contributed by atoms with E-state index in [2.05, 4.69) is 35.5 Å². The van der Waals surface area contributed by atoms with E-state index in [1.54, 1.807) is 0 Å². The largest absolute Gasteiger partial charge is 0.493 e. The monoisotopic (exact) mass is 297 g/mol. The Labute approximate surface area is 131 Å². The van der Waals surface area contributed by atoms with Crippen molar-refractivity contribution in [1.82, 2.24) is 15.1 Å². The summed E-state index contributed by atoms with van der Waals surface area (Å²) in [7, 11) is 2.05. The van der Waals surface area contributed by atoms with Crippen LogP contribution in [0.1, 0.15) is 48.5 Å². The minimum atomic E-state index is 0.389. The molecule has 1 aliphatic heterocycles. The molecule has 2 aromatic rings. The number of benzene rings is 1. The van der Waals surface area contributed by atoms with E-state index >= 15 is 0 Å². The summed E-state index contributed by atoms with van der Waals surface area (Å²) < 4.78 is 7.87. The average Bonchev–Trinajstić information content (AvgIpc) is 3.12. The number of nitrogens with zero attached hydrogens (tertiary/aromatic N) is 2. The first-order chi connectivity index (χ1) is 10.7. The van der Waals surface area contributed by atoms with E-state index in [4.69, 9.17) is 4.74 Å². The highest BCUT2D eigenvalue weighted by Crippen LogP contribution is 2.37. The van der Waals surface area contributed by atoms with Gasteiger partial charge in [-0.05, 0) is 32.3 Å². The summed E-state index contributed by atoms with van der Waals surface area (Å²) in [5.74, 6) is 1.48. The van der Waals surface area contributed by atoms with Gasteiger partial charge < -0.3 is 10.1 Å². The SMILES string of the molecule is C[C@H](N[C@H]1CCCc2c1cnn2C)[C@@H]1COc2ccccc21. The normalized spacial score (nSPS) is 24.5. The Kier molecular flexibility index (Phi) is 3.41. The Morgan fingerprint density at radius 2 is 2.18 bits per heavy atom. The van der Waals surface area contributed by atoms with Gasteiger partial charge in [-0.3, -0.25) is 4.68 Å².